The monoisotopic (exact) mass is 330 g/mol. The smallest absolute Gasteiger partial charge is 0.210 e. The normalized spacial score (nSPS) is 26.0. The van der Waals surface area contributed by atoms with Crippen LogP contribution in [0.25, 0.3) is 0 Å². The van der Waals surface area contributed by atoms with Crippen LogP contribution in [0.3, 0.4) is 0 Å². The van der Waals surface area contributed by atoms with E-state index in [-0.39, 0.29) is 5.41 Å². The van der Waals surface area contributed by atoms with Gasteiger partial charge in [-0.2, -0.15) is 8.42 Å². The molecule has 2 aliphatic carbocycles. The number of nitrogens with two attached hydrogens (primary N) is 1. The SMILES string of the molecule is C=CC1=C2C(=C)C(C)(C)C=C2C(=N\S(N)(=O)=O)/C(=C/C)C/1=C/C. The van der Waals surface area contributed by atoms with Gasteiger partial charge in [0.1, 0.15) is 0 Å². The number of fused-ring (bicyclic) bond motifs is 1. The molecule has 2 aliphatic rings. The summed E-state index contributed by atoms with van der Waals surface area (Å²) in [6.45, 7) is 15.9. The Morgan fingerprint density at radius 2 is 1.78 bits per heavy atom. The summed E-state index contributed by atoms with van der Waals surface area (Å²) in [4.78, 5) is 0. The van der Waals surface area contributed by atoms with Gasteiger partial charge in [0.25, 0.3) is 0 Å². The van der Waals surface area contributed by atoms with Crippen LogP contribution in [-0.4, -0.2) is 14.1 Å². The Labute approximate surface area is 138 Å². The molecular formula is C18H22N2O2S. The van der Waals surface area contributed by atoms with Crippen LogP contribution in [0.15, 0.2) is 75.3 Å². The first-order valence-corrected chi connectivity index (χ1v) is 8.84. The molecule has 5 heteroatoms. The van der Waals surface area contributed by atoms with Gasteiger partial charge in [0, 0.05) is 16.6 Å². The van der Waals surface area contributed by atoms with Crippen LogP contribution in [0, 0.1) is 5.41 Å². The largest absolute Gasteiger partial charge is 0.317 e. The predicted molar refractivity (Wildman–Crippen MR) is 96.3 cm³/mol. The first kappa shape index (κ1) is 17.4. The minimum absolute atomic E-state index is 0.292. The van der Waals surface area contributed by atoms with Crippen molar-refractivity contribution in [3.05, 3.63) is 70.9 Å². The Kier molecular flexibility index (Phi) is 4.22. The fourth-order valence-electron chi connectivity index (χ4n) is 3.09. The summed E-state index contributed by atoms with van der Waals surface area (Å²) in [6, 6.07) is 0. The van der Waals surface area contributed by atoms with Crippen molar-refractivity contribution in [3.8, 4) is 0 Å². The zero-order chi connectivity index (χ0) is 17.6. The second-order valence-corrected chi connectivity index (χ2v) is 7.32. The number of hydrogen-bond donors (Lipinski definition) is 1. The fourth-order valence-corrected chi connectivity index (χ4v) is 3.54. The van der Waals surface area contributed by atoms with Gasteiger partial charge in [-0.25, -0.2) is 5.14 Å². The lowest BCUT2D eigenvalue weighted by molar-refractivity contribution is 0.599. The average molecular weight is 330 g/mol. The summed E-state index contributed by atoms with van der Waals surface area (Å²) in [5.74, 6) is 0. The zero-order valence-electron chi connectivity index (χ0n) is 14.0. The quantitative estimate of drug-likeness (QED) is 0.841. The van der Waals surface area contributed by atoms with E-state index in [1.807, 2.05) is 45.9 Å². The third-order valence-corrected chi connectivity index (χ3v) is 4.65. The van der Waals surface area contributed by atoms with Crippen LogP contribution >= 0.6 is 0 Å². The summed E-state index contributed by atoms with van der Waals surface area (Å²) in [6.07, 6.45) is 7.54. The molecule has 0 bridgehead atoms. The topological polar surface area (TPSA) is 72.5 Å². The van der Waals surface area contributed by atoms with Crippen molar-refractivity contribution in [2.24, 2.45) is 15.0 Å². The third-order valence-electron chi connectivity index (χ3n) is 4.21. The van der Waals surface area contributed by atoms with Crippen molar-refractivity contribution in [1.29, 1.82) is 0 Å². The van der Waals surface area contributed by atoms with Gasteiger partial charge in [-0.15, -0.1) is 4.40 Å². The molecule has 0 heterocycles. The molecule has 0 aromatic carbocycles. The Balaban J connectivity index is 2.98. The van der Waals surface area contributed by atoms with Crippen LogP contribution in [0.5, 0.6) is 0 Å². The van der Waals surface area contributed by atoms with Gasteiger partial charge in [-0.3, -0.25) is 0 Å². The molecule has 2 rings (SSSR count). The number of nitrogens with zero attached hydrogens (tertiary/aromatic N) is 1. The van der Waals surface area contributed by atoms with E-state index in [0.717, 1.165) is 33.4 Å². The van der Waals surface area contributed by atoms with Crippen LogP contribution in [0.1, 0.15) is 27.7 Å². The molecule has 122 valence electrons. The van der Waals surface area contributed by atoms with Gasteiger partial charge in [-0.05, 0) is 36.1 Å². The maximum atomic E-state index is 11.6. The lowest BCUT2D eigenvalue weighted by atomic mass is 9.77. The van der Waals surface area contributed by atoms with E-state index in [2.05, 4.69) is 17.6 Å². The first-order valence-electron chi connectivity index (χ1n) is 7.34. The number of rotatable bonds is 2. The van der Waals surface area contributed by atoms with Crippen molar-refractivity contribution in [2.45, 2.75) is 27.7 Å². The molecule has 4 nitrogen and oxygen atoms in total. The van der Waals surface area contributed by atoms with E-state index in [4.69, 9.17) is 5.14 Å². The van der Waals surface area contributed by atoms with E-state index in [0.29, 0.717) is 5.71 Å². The van der Waals surface area contributed by atoms with Gasteiger partial charge in [0.15, 0.2) is 0 Å². The molecule has 0 radical (unpaired) electrons. The standard InChI is InChI=1S/C18H22N2O2S/c1-7-12-13(8-2)16-11(4)18(5,6)10-15(16)17(14(12)9-3)20-23(19,21)22/h7-10H,2,4H2,1,3,5-6H3,(H2,19,21,22)/b12-7+,14-9+,20-17-. The Morgan fingerprint density at radius 3 is 2.22 bits per heavy atom. The second-order valence-electron chi connectivity index (χ2n) is 6.11. The molecular weight excluding hydrogens is 308 g/mol. The summed E-state index contributed by atoms with van der Waals surface area (Å²) < 4.78 is 27.0. The van der Waals surface area contributed by atoms with Crippen LogP contribution in [0.2, 0.25) is 0 Å². The second kappa shape index (κ2) is 5.58. The summed E-state index contributed by atoms with van der Waals surface area (Å²) >= 11 is 0. The lowest BCUT2D eigenvalue weighted by Gasteiger charge is -2.26. The highest BCUT2D eigenvalue weighted by molar-refractivity contribution is 7.88. The summed E-state index contributed by atoms with van der Waals surface area (Å²) in [5, 5.41) is 5.17. The van der Waals surface area contributed by atoms with Gasteiger partial charge in [-0.1, -0.05) is 51.3 Å². The maximum absolute atomic E-state index is 11.6. The highest BCUT2D eigenvalue weighted by Crippen LogP contribution is 2.50. The van der Waals surface area contributed by atoms with Gasteiger partial charge in [0.2, 0.25) is 0 Å². The zero-order valence-corrected chi connectivity index (χ0v) is 14.8. The van der Waals surface area contributed by atoms with E-state index in [1.54, 1.807) is 6.08 Å². The summed E-state index contributed by atoms with van der Waals surface area (Å²) in [7, 11) is -4.02. The van der Waals surface area contributed by atoms with Crippen molar-refractivity contribution in [2.75, 3.05) is 0 Å². The van der Waals surface area contributed by atoms with Crippen LogP contribution in [0.4, 0.5) is 0 Å². The lowest BCUT2D eigenvalue weighted by Crippen LogP contribution is -2.21. The van der Waals surface area contributed by atoms with Gasteiger partial charge in [0.05, 0.1) is 5.71 Å². The Morgan fingerprint density at radius 1 is 1.22 bits per heavy atom. The molecule has 0 saturated carbocycles. The minimum Gasteiger partial charge on any atom is -0.210 e. The highest BCUT2D eigenvalue weighted by Gasteiger charge is 2.40. The molecule has 2 N–H and O–H groups in total. The van der Waals surface area contributed by atoms with Crippen LogP contribution in [-0.2, 0) is 10.2 Å². The molecule has 0 saturated heterocycles. The number of allylic oxidation sites excluding steroid dienone is 10. The van der Waals surface area contributed by atoms with E-state index in [9.17, 15) is 8.42 Å². The Bertz CT molecular complexity index is 861. The predicted octanol–water partition coefficient (Wildman–Crippen LogP) is 3.54. The highest BCUT2D eigenvalue weighted by atomic mass is 32.2. The fraction of sp³-hybridized carbons (Fsp3) is 0.278. The molecule has 0 unspecified atom stereocenters. The van der Waals surface area contributed by atoms with Crippen LogP contribution < -0.4 is 5.14 Å². The van der Waals surface area contributed by atoms with Crippen molar-refractivity contribution >= 4 is 15.9 Å². The van der Waals surface area contributed by atoms with Crippen molar-refractivity contribution in [1.82, 2.24) is 0 Å². The molecule has 23 heavy (non-hydrogen) atoms. The minimum atomic E-state index is -4.02. The van der Waals surface area contributed by atoms with Gasteiger partial charge < -0.3 is 0 Å². The molecule has 0 aromatic rings. The molecule has 0 amide bonds. The van der Waals surface area contributed by atoms with E-state index in [1.165, 1.54) is 0 Å². The van der Waals surface area contributed by atoms with E-state index >= 15 is 0 Å². The maximum Gasteiger partial charge on any atom is 0.317 e. The van der Waals surface area contributed by atoms with Crippen molar-refractivity contribution in [3.63, 3.8) is 0 Å². The molecule has 0 atom stereocenters. The molecule has 0 aromatic heterocycles. The molecule has 0 aliphatic heterocycles. The third kappa shape index (κ3) is 2.82. The summed E-state index contributed by atoms with van der Waals surface area (Å²) in [5.41, 5.74) is 5.20. The first-order chi connectivity index (χ1) is 10.6. The molecule has 0 spiro atoms. The average Bonchev–Trinajstić information content (AvgIpc) is 2.68. The van der Waals surface area contributed by atoms with Crippen molar-refractivity contribution < 1.29 is 8.42 Å². The van der Waals surface area contributed by atoms with Gasteiger partial charge >= 0.3 is 10.2 Å². The number of hydrogen-bond acceptors (Lipinski definition) is 2. The molecule has 0 fully saturated rings. The Hall–Kier alpha value is -1.98. The van der Waals surface area contributed by atoms with E-state index < -0.39 is 10.2 Å².